The van der Waals surface area contributed by atoms with Crippen molar-refractivity contribution in [2.75, 3.05) is 20.4 Å². The summed E-state index contributed by atoms with van der Waals surface area (Å²) in [5.41, 5.74) is 2.09. The van der Waals surface area contributed by atoms with Crippen LogP contribution in [0.25, 0.3) is 10.9 Å². The second-order valence-corrected chi connectivity index (χ2v) is 8.40. The quantitative estimate of drug-likeness (QED) is 0.711. The SMILES string of the molecule is COP(=O)(CC(=O)C[C@H](C)c1c[nH]c2ccc(Br)cc12)OC. The molecule has 0 spiro atoms. The summed E-state index contributed by atoms with van der Waals surface area (Å²) in [6, 6.07) is 5.98. The highest BCUT2D eigenvalue weighted by Gasteiger charge is 2.26. The number of halogens is 1. The van der Waals surface area contributed by atoms with Gasteiger partial charge in [-0.3, -0.25) is 9.36 Å². The molecule has 0 radical (unpaired) electrons. The van der Waals surface area contributed by atoms with Gasteiger partial charge in [-0.1, -0.05) is 22.9 Å². The maximum atomic E-state index is 12.1. The van der Waals surface area contributed by atoms with Crippen molar-refractivity contribution in [3.8, 4) is 0 Å². The number of benzene rings is 1. The molecule has 5 nitrogen and oxygen atoms in total. The lowest BCUT2D eigenvalue weighted by Crippen LogP contribution is -2.11. The maximum Gasteiger partial charge on any atom is 0.337 e. The number of rotatable bonds is 7. The Labute approximate surface area is 138 Å². The summed E-state index contributed by atoms with van der Waals surface area (Å²) < 4.78 is 22.6. The van der Waals surface area contributed by atoms with E-state index in [1.54, 1.807) is 0 Å². The number of carbonyl (C=O) groups excluding carboxylic acids is 1. The van der Waals surface area contributed by atoms with Crippen LogP contribution >= 0.6 is 23.5 Å². The van der Waals surface area contributed by atoms with Crippen LogP contribution in [0.2, 0.25) is 0 Å². The maximum absolute atomic E-state index is 12.1. The number of hydrogen-bond donors (Lipinski definition) is 1. The van der Waals surface area contributed by atoms with Crippen molar-refractivity contribution in [2.24, 2.45) is 0 Å². The summed E-state index contributed by atoms with van der Waals surface area (Å²) in [4.78, 5) is 15.3. The molecule has 0 saturated carbocycles. The number of carbonyl (C=O) groups is 1. The predicted molar refractivity (Wildman–Crippen MR) is 90.5 cm³/mol. The molecule has 0 unspecified atom stereocenters. The van der Waals surface area contributed by atoms with Gasteiger partial charge < -0.3 is 14.0 Å². The monoisotopic (exact) mass is 387 g/mol. The number of fused-ring (bicyclic) bond motifs is 1. The minimum absolute atomic E-state index is 0.0118. The molecule has 22 heavy (non-hydrogen) atoms. The van der Waals surface area contributed by atoms with E-state index in [0.717, 1.165) is 20.9 Å². The van der Waals surface area contributed by atoms with Crippen LogP contribution in [0.4, 0.5) is 0 Å². The fourth-order valence-corrected chi connectivity index (χ4v) is 3.79. The first kappa shape index (κ1) is 17.4. The number of Topliss-reactive ketones (excluding diaryl/α,β-unsaturated/α-hetero) is 1. The fourth-order valence-electron chi connectivity index (χ4n) is 2.46. The number of ketones is 1. The van der Waals surface area contributed by atoms with Gasteiger partial charge in [0.2, 0.25) is 0 Å². The van der Waals surface area contributed by atoms with Crippen molar-refractivity contribution in [1.82, 2.24) is 4.98 Å². The van der Waals surface area contributed by atoms with Crippen molar-refractivity contribution < 1.29 is 18.4 Å². The Bertz CT molecular complexity index is 719. The minimum atomic E-state index is -3.29. The minimum Gasteiger partial charge on any atom is -0.361 e. The van der Waals surface area contributed by atoms with Crippen LogP contribution in [-0.2, 0) is 18.4 Å². The van der Waals surface area contributed by atoms with E-state index in [4.69, 9.17) is 9.05 Å². The molecule has 7 heteroatoms. The van der Waals surface area contributed by atoms with Crippen LogP contribution in [0, 0.1) is 0 Å². The van der Waals surface area contributed by atoms with Gasteiger partial charge in [0.25, 0.3) is 0 Å². The molecule has 0 amide bonds. The second kappa shape index (κ2) is 7.09. The van der Waals surface area contributed by atoms with Gasteiger partial charge in [-0.05, 0) is 29.7 Å². The molecule has 1 atom stereocenters. The van der Waals surface area contributed by atoms with Crippen LogP contribution < -0.4 is 0 Å². The Kier molecular flexibility index (Phi) is 5.61. The summed E-state index contributed by atoms with van der Waals surface area (Å²) in [6.07, 6.45) is 2.01. The third kappa shape index (κ3) is 3.87. The zero-order chi connectivity index (χ0) is 16.3. The van der Waals surface area contributed by atoms with Crippen LogP contribution in [0.5, 0.6) is 0 Å². The summed E-state index contributed by atoms with van der Waals surface area (Å²) in [6.45, 7) is 1.98. The zero-order valence-corrected chi connectivity index (χ0v) is 15.2. The standard InChI is InChI=1S/C15H19BrNO4P/c1-10(6-12(18)9-22(19,20-2)21-3)14-8-17-15-5-4-11(16)7-13(14)15/h4-5,7-8,10,17H,6,9H2,1-3H3/t10-/m0/s1. The summed E-state index contributed by atoms with van der Waals surface area (Å²) in [7, 11) is -0.711. The normalized spacial score (nSPS) is 13.5. The molecule has 1 aromatic carbocycles. The lowest BCUT2D eigenvalue weighted by atomic mass is 9.96. The van der Waals surface area contributed by atoms with Gasteiger partial charge in [0.1, 0.15) is 11.9 Å². The van der Waals surface area contributed by atoms with E-state index in [1.165, 1.54) is 14.2 Å². The fraction of sp³-hybridized carbons (Fsp3) is 0.400. The molecule has 0 fully saturated rings. The molecular formula is C15H19BrNO4P. The Morgan fingerprint density at radius 2 is 2.05 bits per heavy atom. The van der Waals surface area contributed by atoms with E-state index in [-0.39, 0.29) is 24.3 Å². The Morgan fingerprint density at radius 3 is 2.68 bits per heavy atom. The van der Waals surface area contributed by atoms with E-state index in [2.05, 4.69) is 20.9 Å². The van der Waals surface area contributed by atoms with E-state index < -0.39 is 7.60 Å². The zero-order valence-electron chi connectivity index (χ0n) is 12.8. The molecule has 0 aliphatic rings. The molecule has 1 aromatic heterocycles. The summed E-state index contributed by atoms with van der Waals surface area (Å²) in [5.74, 6) is -0.124. The first-order valence-electron chi connectivity index (χ1n) is 6.87. The van der Waals surface area contributed by atoms with Gasteiger partial charge in [0.05, 0.1) is 0 Å². The van der Waals surface area contributed by atoms with Crippen molar-refractivity contribution in [2.45, 2.75) is 19.3 Å². The van der Waals surface area contributed by atoms with Crippen molar-refractivity contribution in [3.63, 3.8) is 0 Å². The topological polar surface area (TPSA) is 68.4 Å². The number of hydrogen-bond acceptors (Lipinski definition) is 4. The molecule has 0 saturated heterocycles. The summed E-state index contributed by atoms with van der Waals surface area (Å²) >= 11 is 3.46. The molecule has 1 heterocycles. The van der Waals surface area contributed by atoms with E-state index in [9.17, 15) is 9.36 Å². The predicted octanol–water partition coefficient (Wildman–Crippen LogP) is 4.48. The van der Waals surface area contributed by atoms with Crippen molar-refractivity contribution >= 4 is 40.2 Å². The van der Waals surface area contributed by atoms with Gasteiger partial charge in [-0.15, -0.1) is 0 Å². The van der Waals surface area contributed by atoms with E-state index >= 15 is 0 Å². The molecule has 120 valence electrons. The molecular weight excluding hydrogens is 369 g/mol. The van der Waals surface area contributed by atoms with Crippen LogP contribution in [-0.4, -0.2) is 31.1 Å². The first-order valence-corrected chi connectivity index (χ1v) is 9.39. The summed E-state index contributed by atoms with van der Waals surface area (Å²) in [5, 5.41) is 1.08. The highest BCUT2D eigenvalue weighted by atomic mass is 79.9. The van der Waals surface area contributed by atoms with Gasteiger partial charge in [0, 0.05) is 42.2 Å². The van der Waals surface area contributed by atoms with Crippen LogP contribution in [0.1, 0.15) is 24.8 Å². The molecule has 0 bridgehead atoms. The first-order chi connectivity index (χ1) is 10.4. The van der Waals surface area contributed by atoms with Gasteiger partial charge >= 0.3 is 7.60 Å². The van der Waals surface area contributed by atoms with E-state index in [0.29, 0.717) is 0 Å². The van der Waals surface area contributed by atoms with Crippen molar-refractivity contribution in [3.05, 3.63) is 34.4 Å². The van der Waals surface area contributed by atoms with Gasteiger partial charge in [-0.2, -0.15) is 0 Å². The Morgan fingerprint density at radius 1 is 1.36 bits per heavy atom. The third-order valence-electron chi connectivity index (χ3n) is 3.67. The molecule has 0 aliphatic carbocycles. The smallest absolute Gasteiger partial charge is 0.337 e. The third-order valence-corrected chi connectivity index (χ3v) is 6.01. The highest BCUT2D eigenvalue weighted by Crippen LogP contribution is 2.46. The Balaban J connectivity index is 2.14. The average molecular weight is 388 g/mol. The average Bonchev–Trinajstić information content (AvgIpc) is 2.89. The number of aromatic nitrogens is 1. The molecule has 1 N–H and O–H groups in total. The van der Waals surface area contributed by atoms with Crippen LogP contribution in [0.3, 0.4) is 0 Å². The molecule has 2 aromatic rings. The second-order valence-electron chi connectivity index (χ2n) is 5.21. The Hall–Kier alpha value is -0.940. The lowest BCUT2D eigenvalue weighted by molar-refractivity contribution is -0.117. The number of nitrogens with one attached hydrogen (secondary N) is 1. The number of H-pyrrole nitrogens is 1. The van der Waals surface area contributed by atoms with Gasteiger partial charge in [0.15, 0.2) is 0 Å². The number of aromatic amines is 1. The van der Waals surface area contributed by atoms with E-state index in [1.807, 2.05) is 31.3 Å². The molecule has 0 aliphatic heterocycles. The van der Waals surface area contributed by atoms with Crippen molar-refractivity contribution in [1.29, 1.82) is 0 Å². The highest BCUT2D eigenvalue weighted by molar-refractivity contribution is 9.10. The largest absolute Gasteiger partial charge is 0.361 e. The van der Waals surface area contributed by atoms with Gasteiger partial charge in [-0.25, -0.2) is 0 Å². The molecule has 2 rings (SSSR count). The van der Waals surface area contributed by atoms with Crippen LogP contribution in [0.15, 0.2) is 28.9 Å². The lowest BCUT2D eigenvalue weighted by Gasteiger charge is -2.14.